The number of aryl methyl sites for hydroxylation is 1. The summed E-state index contributed by atoms with van der Waals surface area (Å²) in [5, 5.41) is 3.27. The molecule has 0 aliphatic carbocycles. The van der Waals surface area contributed by atoms with Crippen molar-refractivity contribution < 1.29 is 38.7 Å². The third kappa shape index (κ3) is 8.27. The molecular formula is C27H48BINO4S-. The SMILES string of the molecule is C[I-]S(C)(C)CCOc1c(C)cc(B2OC(C)(C)C(C)(C)O2)cc1C(=O)NC(C)(C)CC(C)(C)C. The van der Waals surface area contributed by atoms with Crippen molar-refractivity contribution in [1.82, 2.24) is 5.32 Å². The molecule has 2 rings (SSSR count). The molecule has 1 heterocycles. The molecule has 1 aromatic rings. The van der Waals surface area contributed by atoms with Crippen LogP contribution >= 0.6 is 7.20 Å². The summed E-state index contributed by atoms with van der Waals surface area (Å²) in [6.45, 7) is 21.5. The van der Waals surface area contributed by atoms with Gasteiger partial charge in [-0.15, -0.1) is 0 Å². The van der Waals surface area contributed by atoms with Gasteiger partial charge in [-0.2, -0.15) is 0 Å². The van der Waals surface area contributed by atoms with E-state index in [0.29, 0.717) is 17.9 Å². The zero-order valence-corrected chi connectivity index (χ0v) is 27.2. The zero-order chi connectivity index (χ0) is 27.0. The Hall–Kier alpha value is -0.445. The van der Waals surface area contributed by atoms with Crippen LogP contribution in [0.25, 0.3) is 0 Å². The van der Waals surface area contributed by atoms with E-state index in [0.717, 1.165) is 23.2 Å². The number of halogens is 1. The van der Waals surface area contributed by atoms with E-state index < -0.39 is 25.5 Å². The van der Waals surface area contributed by atoms with Crippen LogP contribution in [-0.2, 0) is 9.31 Å². The molecule has 1 saturated heterocycles. The van der Waals surface area contributed by atoms with Gasteiger partial charge in [-0.25, -0.2) is 0 Å². The third-order valence-electron chi connectivity index (χ3n) is 6.72. The van der Waals surface area contributed by atoms with Gasteiger partial charge in [0.25, 0.3) is 0 Å². The summed E-state index contributed by atoms with van der Waals surface area (Å²) in [6.07, 6.45) is 5.61. The molecule has 0 atom stereocenters. The third-order valence-corrected chi connectivity index (χ3v) is 17.2. The van der Waals surface area contributed by atoms with Gasteiger partial charge in [0.2, 0.25) is 0 Å². The number of hydrogen-bond acceptors (Lipinski definition) is 4. The number of ether oxygens (including phenoxy) is 1. The summed E-state index contributed by atoms with van der Waals surface area (Å²) in [5.41, 5.74) is 1.15. The van der Waals surface area contributed by atoms with E-state index in [4.69, 9.17) is 14.0 Å². The van der Waals surface area contributed by atoms with E-state index in [9.17, 15) is 4.79 Å². The summed E-state index contributed by atoms with van der Waals surface area (Å²) >= 11 is 0.177. The standard InChI is InChI=1S/C27H48BINO4S/c1-19-16-20(28-33-26(7,8)27(9,10)34-28)17-21(22(19)32-14-15-35(12,13)29-11)23(31)30-25(5,6)18-24(2,3)4/h16-17H,14-15,18H2,1-13H3,(H,30,31)/q-1. The van der Waals surface area contributed by atoms with Crippen molar-refractivity contribution in [2.75, 3.05) is 29.8 Å². The number of rotatable bonds is 9. The first-order valence-corrected chi connectivity index (χ1v) is 19.7. The molecular weight excluding hydrogens is 572 g/mol. The first-order chi connectivity index (χ1) is 15.7. The van der Waals surface area contributed by atoms with Gasteiger partial charge in [-0.05, 0) is 0 Å². The molecule has 1 aromatic carbocycles. The first-order valence-electron chi connectivity index (χ1n) is 12.4. The molecule has 35 heavy (non-hydrogen) atoms. The van der Waals surface area contributed by atoms with Gasteiger partial charge in [0, 0.05) is 0 Å². The van der Waals surface area contributed by atoms with Crippen molar-refractivity contribution in [2.24, 2.45) is 5.41 Å². The van der Waals surface area contributed by atoms with Crippen molar-refractivity contribution >= 4 is 25.7 Å². The van der Waals surface area contributed by atoms with E-state index in [1.54, 1.807) is 0 Å². The molecule has 1 aliphatic heterocycles. The predicted octanol–water partition coefficient (Wildman–Crippen LogP) is 2.32. The summed E-state index contributed by atoms with van der Waals surface area (Å²) in [4.78, 5) is 16.0. The van der Waals surface area contributed by atoms with E-state index in [1.165, 1.54) is 0 Å². The second kappa shape index (κ2) is 10.7. The van der Waals surface area contributed by atoms with Crippen molar-refractivity contribution in [3.05, 3.63) is 23.3 Å². The number of amides is 1. The quantitative estimate of drug-likeness (QED) is 0.262. The molecule has 0 unspecified atom stereocenters. The van der Waals surface area contributed by atoms with Crippen LogP contribution in [0.15, 0.2) is 12.1 Å². The molecule has 1 aliphatic rings. The van der Waals surface area contributed by atoms with Crippen LogP contribution in [0.3, 0.4) is 0 Å². The number of carbonyl (C=O) groups is 1. The van der Waals surface area contributed by atoms with Crippen molar-refractivity contribution in [2.45, 2.75) is 92.4 Å². The first kappa shape index (κ1) is 30.8. The second-order valence-electron chi connectivity index (χ2n) is 13.0. The predicted molar refractivity (Wildman–Crippen MR) is 148 cm³/mol. The fraction of sp³-hybridized carbons (Fsp3) is 0.741. The molecule has 8 heteroatoms. The van der Waals surface area contributed by atoms with Crippen LogP contribution in [0.5, 0.6) is 5.75 Å². The molecule has 0 spiro atoms. The van der Waals surface area contributed by atoms with Crippen LogP contribution in [0.1, 0.15) is 84.7 Å². The topological polar surface area (TPSA) is 56.8 Å². The van der Waals surface area contributed by atoms with Crippen LogP contribution in [0.4, 0.5) is 0 Å². The Morgan fingerprint density at radius 1 is 1.09 bits per heavy atom. The molecule has 1 N–H and O–H groups in total. The minimum absolute atomic E-state index is 0.0914. The van der Waals surface area contributed by atoms with Gasteiger partial charge in [-0.1, -0.05) is 0 Å². The average molecular weight is 620 g/mol. The minimum atomic E-state index is -0.587. The van der Waals surface area contributed by atoms with Crippen molar-refractivity contribution in [1.29, 1.82) is 0 Å². The van der Waals surface area contributed by atoms with Crippen LogP contribution < -0.4 is 35.3 Å². The molecule has 0 bridgehead atoms. The zero-order valence-electron chi connectivity index (χ0n) is 24.3. The van der Waals surface area contributed by atoms with Crippen LogP contribution in [0.2, 0.25) is 0 Å². The Kier molecular flexibility index (Phi) is 9.44. The maximum atomic E-state index is 13.7. The fourth-order valence-electron chi connectivity index (χ4n) is 4.44. The second-order valence-corrected chi connectivity index (χ2v) is 26.3. The summed E-state index contributed by atoms with van der Waals surface area (Å²) < 4.78 is 18.9. The number of carbonyl (C=O) groups excluding carboxylic acids is 1. The average Bonchev–Trinajstić information content (AvgIpc) is 2.87. The molecule has 1 amide bonds. The van der Waals surface area contributed by atoms with Gasteiger partial charge < -0.3 is 0 Å². The number of hydrogen-bond donors (Lipinski definition) is 1. The molecule has 0 aromatic heterocycles. The Labute approximate surface area is 225 Å². The van der Waals surface area contributed by atoms with E-state index in [2.05, 4.69) is 57.4 Å². The van der Waals surface area contributed by atoms with E-state index >= 15 is 0 Å². The normalized spacial score (nSPS) is 18.6. The van der Waals surface area contributed by atoms with Crippen LogP contribution in [-0.4, -0.2) is 59.6 Å². The van der Waals surface area contributed by atoms with Gasteiger partial charge in [0.15, 0.2) is 0 Å². The van der Waals surface area contributed by atoms with Crippen molar-refractivity contribution in [3.63, 3.8) is 0 Å². The Bertz CT molecular complexity index is 908. The van der Waals surface area contributed by atoms with Gasteiger partial charge in [0.05, 0.1) is 0 Å². The fourth-order valence-corrected chi connectivity index (χ4v) is 6.94. The van der Waals surface area contributed by atoms with Gasteiger partial charge >= 0.3 is 226 Å². The number of benzene rings is 1. The Morgan fingerprint density at radius 3 is 2.11 bits per heavy atom. The number of nitrogens with one attached hydrogen (secondary N) is 1. The van der Waals surface area contributed by atoms with E-state index in [-0.39, 0.29) is 36.7 Å². The monoisotopic (exact) mass is 620 g/mol. The van der Waals surface area contributed by atoms with Crippen molar-refractivity contribution in [3.8, 4) is 5.75 Å². The Morgan fingerprint density at radius 2 is 1.63 bits per heavy atom. The van der Waals surface area contributed by atoms with Gasteiger partial charge in [-0.3, -0.25) is 0 Å². The molecule has 5 nitrogen and oxygen atoms in total. The summed E-state index contributed by atoms with van der Waals surface area (Å²) in [5.74, 6) is 1.59. The molecule has 0 saturated carbocycles. The van der Waals surface area contributed by atoms with Gasteiger partial charge in [0.1, 0.15) is 0 Å². The summed E-state index contributed by atoms with van der Waals surface area (Å²) in [6, 6.07) is 3.94. The Balaban J connectivity index is 2.43. The molecule has 0 radical (unpaired) electrons. The van der Waals surface area contributed by atoms with Crippen LogP contribution in [0, 0.1) is 12.3 Å². The summed E-state index contributed by atoms with van der Waals surface area (Å²) in [7, 11) is -1.12. The number of alkyl halides is 1. The van der Waals surface area contributed by atoms with E-state index in [1.807, 2.05) is 46.8 Å². The maximum absolute atomic E-state index is 13.7. The molecule has 202 valence electrons. The molecule has 1 fully saturated rings.